The van der Waals surface area contributed by atoms with Crippen LogP contribution in [-0.2, 0) is 0 Å². The topological polar surface area (TPSA) is 35.0 Å². The molecule has 1 radical (unpaired) electrons. The summed E-state index contributed by atoms with van der Waals surface area (Å²) in [6.07, 6.45) is 5.21. The first kappa shape index (κ1) is 6.99. The van der Waals surface area contributed by atoms with E-state index in [1.54, 1.807) is 12.3 Å². The molecule has 0 aliphatic carbocycles. The van der Waals surface area contributed by atoms with Gasteiger partial charge in [-0.15, -0.1) is 0 Å². The molecule has 0 amide bonds. The molecule has 0 saturated heterocycles. The van der Waals surface area contributed by atoms with E-state index in [0.717, 1.165) is 6.42 Å². The Labute approximate surface area is 60.1 Å². The predicted molar refractivity (Wildman–Crippen MR) is 36.7 cm³/mol. The minimum atomic E-state index is 0.407. The Bertz CT molecular complexity index is 176. The van der Waals surface area contributed by atoms with Gasteiger partial charge in [-0.05, 0) is 12.5 Å². The highest BCUT2D eigenvalue weighted by atomic mass is 16.5. The summed E-state index contributed by atoms with van der Waals surface area (Å²) in [6.45, 7) is 2.70. The van der Waals surface area contributed by atoms with Gasteiger partial charge in [0.15, 0.2) is 0 Å². The molecule has 0 spiro atoms. The lowest BCUT2D eigenvalue weighted by Crippen LogP contribution is -1.98. The molecule has 1 aromatic heterocycles. The number of aromatic nitrogens is 2. The lowest BCUT2D eigenvalue weighted by molar-refractivity contribution is 0.292. The van der Waals surface area contributed by atoms with Gasteiger partial charge in [0.1, 0.15) is 0 Å². The van der Waals surface area contributed by atoms with Crippen LogP contribution in [0.2, 0.25) is 0 Å². The van der Waals surface area contributed by atoms with Gasteiger partial charge in [0.25, 0.3) is 0 Å². The lowest BCUT2D eigenvalue weighted by atomic mass is 10.5. The molecule has 3 nitrogen and oxygen atoms in total. The fraction of sp³-hybridized carbons (Fsp3) is 0.429. The van der Waals surface area contributed by atoms with Crippen LogP contribution >= 0.6 is 0 Å². The van der Waals surface area contributed by atoms with E-state index in [9.17, 15) is 0 Å². The Kier molecular flexibility index (Phi) is 2.67. The van der Waals surface area contributed by atoms with Crippen LogP contribution in [0.25, 0.3) is 0 Å². The van der Waals surface area contributed by atoms with Gasteiger partial charge in [-0.2, -0.15) is 4.98 Å². The summed E-state index contributed by atoms with van der Waals surface area (Å²) in [5.74, 6) is 0. The first-order valence-corrected chi connectivity index (χ1v) is 3.25. The van der Waals surface area contributed by atoms with Crippen molar-refractivity contribution in [1.82, 2.24) is 9.97 Å². The van der Waals surface area contributed by atoms with E-state index in [-0.39, 0.29) is 0 Å². The molecule has 3 heteroatoms. The van der Waals surface area contributed by atoms with Crippen LogP contribution in [0, 0.1) is 6.20 Å². The average molecular weight is 137 g/mol. The molecular weight excluding hydrogens is 128 g/mol. The number of nitrogens with zero attached hydrogens (tertiary/aromatic N) is 2. The van der Waals surface area contributed by atoms with Crippen LogP contribution in [0.5, 0.6) is 6.01 Å². The molecule has 0 unspecified atom stereocenters. The molecule has 0 atom stereocenters. The van der Waals surface area contributed by atoms with Gasteiger partial charge in [-0.3, -0.25) is 0 Å². The lowest BCUT2D eigenvalue weighted by Gasteiger charge is -1.98. The van der Waals surface area contributed by atoms with Crippen LogP contribution in [0.15, 0.2) is 12.3 Å². The first-order chi connectivity index (χ1) is 4.93. The Morgan fingerprint density at radius 1 is 1.70 bits per heavy atom. The molecule has 1 rings (SSSR count). The molecular formula is C7H9N2O. The normalized spacial score (nSPS) is 9.30. The fourth-order valence-electron chi connectivity index (χ4n) is 0.519. The highest BCUT2D eigenvalue weighted by Crippen LogP contribution is 1.96. The van der Waals surface area contributed by atoms with Gasteiger partial charge >= 0.3 is 6.01 Å². The van der Waals surface area contributed by atoms with Gasteiger partial charge in [0.2, 0.25) is 0 Å². The quantitative estimate of drug-likeness (QED) is 0.625. The van der Waals surface area contributed by atoms with Gasteiger partial charge in [-0.25, -0.2) is 4.98 Å². The summed E-state index contributed by atoms with van der Waals surface area (Å²) in [5.41, 5.74) is 0. The molecule has 0 aliphatic heterocycles. The monoisotopic (exact) mass is 137 g/mol. The van der Waals surface area contributed by atoms with Gasteiger partial charge in [0, 0.05) is 6.20 Å². The summed E-state index contributed by atoms with van der Waals surface area (Å²) in [6, 6.07) is 2.04. The number of hydrogen-bond donors (Lipinski definition) is 0. The molecule has 10 heavy (non-hydrogen) atoms. The number of hydrogen-bond acceptors (Lipinski definition) is 3. The van der Waals surface area contributed by atoms with Crippen molar-refractivity contribution in [3.05, 3.63) is 18.5 Å². The van der Waals surface area contributed by atoms with Gasteiger partial charge in [-0.1, -0.05) is 6.92 Å². The summed E-state index contributed by atoms with van der Waals surface area (Å²) >= 11 is 0. The SMILES string of the molecule is CCCOc1n[c]ccn1. The summed E-state index contributed by atoms with van der Waals surface area (Å²) in [7, 11) is 0. The van der Waals surface area contributed by atoms with Gasteiger partial charge in [0.05, 0.1) is 12.8 Å². The largest absolute Gasteiger partial charge is 0.463 e. The summed E-state index contributed by atoms with van der Waals surface area (Å²) in [4.78, 5) is 7.61. The van der Waals surface area contributed by atoms with Crippen molar-refractivity contribution >= 4 is 0 Å². The molecule has 0 fully saturated rings. The average Bonchev–Trinajstić information content (AvgIpc) is 2.03. The van der Waals surface area contributed by atoms with Crippen molar-refractivity contribution in [3.8, 4) is 6.01 Å². The van der Waals surface area contributed by atoms with Crippen molar-refractivity contribution in [2.75, 3.05) is 6.61 Å². The second-order valence-electron chi connectivity index (χ2n) is 1.82. The minimum absolute atomic E-state index is 0.407. The molecule has 0 aliphatic rings. The Hall–Kier alpha value is -1.12. The van der Waals surface area contributed by atoms with E-state index >= 15 is 0 Å². The molecule has 0 aromatic carbocycles. The molecule has 0 N–H and O–H groups in total. The van der Waals surface area contributed by atoms with Crippen molar-refractivity contribution < 1.29 is 4.74 Å². The van der Waals surface area contributed by atoms with E-state index in [4.69, 9.17) is 4.74 Å². The molecule has 0 bridgehead atoms. The third-order valence-electron chi connectivity index (χ3n) is 0.930. The highest BCUT2D eigenvalue weighted by Gasteiger charge is 1.90. The zero-order valence-corrected chi connectivity index (χ0v) is 5.87. The smallest absolute Gasteiger partial charge is 0.316 e. The molecule has 53 valence electrons. The number of rotatable bonds is 3. The maximum atomic E-state index is 5.10. The standard InChI is InChI=1S/C7H9N2O/c1-2-6-10-7-8-4-3-5-9-7/h3-4H,2,6H2,1H3. The van der Waals surface area contributed by atoms with Crippen LogP contribution in [0.4, 0.5) is 0 Å². The number of ether oxygens (including phenoxy) is 1. The van der Waals surface area contributed by atoms with Crippen LogP contribution in [-0.4, -0.2) is 16.6 Å². The van der Waals surface area contributed by atoms with Crippen molar-refractivity contribution in [2.24, 2.45) is 0 Å². The summed E-state index contributed by atoms with van der Waals surface area (Å²) in [5, 5.41) is 0. The van der Waals surface area contributed by atoms with E-state index in [1.807, 2.05) is 6.92 Å². The van der Waals surface area contributed by atoms with Crippen molar-refractivity contribution in [2.45, 2.75) is 13.3 Å². The third kappa shape index (κ3) is 2.01. The molecule has 0 saturated carbocycles. The maximum Gasteiger partial charge on any atom is 0.316 e. The van der Waals surface area contributed by atoms with E-state index in [0.29, 0.717) is 12.6 Å². The van der Waals surface area contributed by atoms with Crippen molar-refractivity contribution in [1.29, 1.82) is 0 Å². The van der Waals surface area contributed by atoms with E-state index in [2.05, 4.69) is 16.2 Å². The van der Waals surface area contributed by atoms with Crippen LogP contribution < -0.4 is 4.74 Å². The third-order valence-corrected chi connectivity index (χ3v) is 0.930. The van der Waals surface area contributed by atoms with Gasteiger partial charge < -0.3 is 4.74 Å². The zero-order valence-electron chi connectivity index (χ0n) is 5.87. The first-order valence-electron chi connectivity index (χ1n) is 3.25. The zero-order chi connectivity index (χ0) is 7.23. The Morgan fingerprint density at radius 3 is 3.20 bits per heavy atom. The second-order valence-corrected chi connectivity index (χ2v) is 1.82. The van der Waals surface area contributed by atoms with Crippen LogP contribution in [0.1, 0.15) is 13.3 Å². The summed E-state index contributed by atoms with van der Waals surface area (Å²) < 4.78 is 5.10. The fourth-order valence-corrected chi connectivity index (χ4v) is 0.519. The Morgan fingerprint density at radius 2 is 2.60 bits per heavy atom. The minimum Gasteiger partial charge on any atom is -0.463 e. The predicted octanol–water partition coefficient (Wildman–Crippen LogP) is 1.07. The van der Waals surface area contributed by atoms with Crippen molar-refractivity contribution in [3.63, 3.8) is 0 Å². The Balaban J connectivity index is 2.43. The second kappa shape index (κ2) is 3.82. The maximum absolute atomic E-state index is 5.10. The van der Waals surface area contributed by atoms with Crippen LogP contribution in [0.3, 0.4) is 0 Å². The highest BCUT2D eigenvalue weighted by molar-refractivity contribution is 4.91. The molecule has 1 aromatic rings. The molecule has 1 heterocycles. The van der Waals surface area contributed by atoms with E-state index < -0.39 is 0 Å². The van der Waals surface area contributed by atoms with E-state index in [1.165, 1.54) is 0 Å².